The molecule has 1 aliphatic rings. The molecule has 2 nitrogen and oxygen atoms in total. The molecule has 122 valence electrons. The van der Waals surface area contributed by atoms with Gasteiger partial charge in [-0.25, -0.2) is 14.4 Å². The van der Waals surface area contributed by atoms with Crippen LogP contribution >= 0.6 is 0 Å². The molecule has 22 heavy (non-hydrogen) atoms. The molecule has 2 unspecified atom stereocenters. The summed E-state index contributed by atoms with van der Waals surface area (Å²) < 4.78 is 14.4. The van der Waals surface area contributed by atoms with Crippen molar-refractivity contribution < 1.29 is 4.39 Å². The van der Waals surface area contributed by atoms with Crippen molar-refractivity contribution in [2.75, 3.05) is 20.6 Å². The van der Waals surface area contributed by atoms with Crippen LogP contribution < -0.4 is 0 Å². The zero-order valence-corrected chi connectivity index (χ0v) is 14.6. The van der Waals surface area contributed by atoms with Crippen LogP contribution in [0.1, 0.15) is 45.1 Å². The van der Waals surface area contributed by atoms with Crippen LogP contribution in [0.15, 0.2) is 36.4 Å². The van der Waals surface area contributed by atoms with E-state index in [0.29, 0.717) is 6.04 Å². The molecule has 2 atom stereocenters. The van der Waals surface area contributed by atoms with Gasteiger partial charge in [0.2, 0.25) is 0 Å². The molecule has 0 radical (unpaired) electrons. The summed E-state index contributed by atoms with van der Waals surface area (Å²) in [5.74, 6) is 0.0417. The Morgan fingerprint density at radius 3 is 2.59 bits per heavy atom. The molecule has 0 N–H and O–H groups in total. The Labute approximate surface area is 134 Å². The number of allylic oxidation sites excluding steroid dienone is 1. The predicted octanol–water partition coefficient (Wildman–Crippen LogP) is 4.45. The Bertz CT molecular complexity index is 536. The van der Waals surface area contributed by atoms with E-state index in [0.717, 1.165) is 30.5 Å². The molecule has 1 saturated heterocycles. The van der Waals surface area contributed by atoms with Crippen LogP contribution in [-0.2, 0) is 0 Å². The number of nitrogens with zero attached hydrogens (tertiary/aromatic N) is 2. The molecule has 3 heteroatoms. The van der Waals surface area contributed by atoms with Crippen LogP contribution in [0, 0.1) is 11.2 Å². The highest BCUT2D eigenvalue weighted by Gasteiger charge is 2.43. The first-order valence-corrected chi connectivity index (χ1v) is 8.04. The fraction of sp³-hybridized carbons (Fsp3) is 0.579. The van der Waals surface area contributed by atoms with Crippen molar-refractivity contribution in [3.05, 3.63) is 47.8 Å². The Morgan fingerprint density at radius 1 is 1.41 bits per heavy atom. The lowest BCUT2D eigenvalue weighted by Gasteiger charge is -2.36. The first-order valence-electron chi connectivity index (χ1n) is 8.04. The van der Waals surface area contributed by atoms with Gasteiger partial charge in [0.15, 0.2) is 0 Å². The molecule has 0 saturated carbocycles. The number of halogens is 1. The lowest BCUT2D eigenvalue weighted by atomic mass is 9.81. The summed E-state index contributed by atoms with van der Waals surface area (Å²) >= 11 is 0. The van der Waals surface area contributed by atoms with Gasteiger partial charge in [-0.2, -0.15) is 0 Å². The van der Waals surface area contributed by atoms with Crippen molar-refractivity contribution in [3.8, 4) is 0 Å². The second kappa shape index (κ2) is 6.51. The third kappa shape index (κ3) is 3.76. The monoisotopic (exact) mass is 304 g/mol. The summed E-state index contributed by atoms with van der Waals surface area (Å²) in [5, 5.41) is 4.55. The van der Waals surface area contributed by atoms with E-state index in [-0.39, 0.29) is 17.2 Å². The standard InChI is InChI=1S/C19H29FN2/c1-14(2)11-16(15-9-7-8-10-17(15)20)18-12-19(3,4)13-22(18)21(5)6/h7-10,16,18H,1,11-13H2,2-6H3. The Kier molecular flexibility index (Phi) is 5.08. The second-order valence-corrected chi connectivity index (χ2v) is 7.67. The highest BCUT2D eigenvalue weighted by molar-refractivity contribution is 5.26. The summed E-state index contributed by atoms with van der Waals surface area (Å²) in [5.41, 5.74) is 2.17. The van der Waals surface area contributed by atoms with E-state index in [2.05, 4.69) is 44.5 Å². The number of hydrazine groups is 1. The van der Waals surface area contributed by atoms with Gasteiger partial charge in [-0.1, -0.05) is 37.6 Å². The summed E-state index contributed by atoms with van der Waals surface area (Å²) in [6.45, 7) is 11.7. The SMILES string of the molecule is C=C(C)CC(c1ccccc1F)C1CC(C)(C)CN1N(C)C. The molecule has 1 fully saturated rings. The van der Waals surface area contributed by atoms with E-state index in [1.807, 2.05) is 19.1 Å². The van der Waals surface area contributed by atoms with Crippen molar-refractivity contribution >= 4 is 0 Å². The van der Waals surface area contributed by atoms with Crippen LogP contribution in [0.3, 0.4) is 0 Å². The third-order valence-corrected chi connectivity index (χ3v) is 4.59. The average Bonchev–Trinajstić information content (AvgIpc) is 2.73. The van der Waals surface area contributed by atoms with Gasteiger partial charge in [0.05, 0.1) is 0 Å². The van der Waals surface area contributed by atoms with Gasteiger partial charge in [-0.05, 0) is 36.8 Å². The molecular weight excluding hydrogens is 275 g/mol. The summed E-state index contributed by atoms with van der Waals surface area (Å²) in [4.78, 5) is 0. The van der Waals surface area contributed by atoms with Gasteiger partial charge in [0.25, 0.3) is 0 Å². The van der Waals surface area contributed by atoms with Crippen LogP contribution in [-0.4, -0.2) is 36.7 Å². The fourth-order valence-electron chi connectivity index (χ4n) is 3.68. The average molecular weight is 304 g/mol. The summed E-state index contributed by atoms with van der Waals surface area (Å²) in [6, 6.07) is 7.50. The van der Waals surface area contributed by atoms with Crippen molar-refractivity contribution in [1.29, 1.82) is 0 Å². The van der Waals surface area contributed by atoms with E-state index in [4.69, 9.17) is 0 Å². The Hall–Kier alpha value is -1.19. The fourth-order valence-corrected chi connectivity index (χ4v) is 3.68. The lowest BCUT2D eigenvalue weighted by molar-refractivity contribution is -0.00337. The van der Waals surface area contributed by atoms with Gasteiger partial charge in [0.1, 0.15) is 5.82 Å². The lowest BCUT2D eigenvalue weighted by Crippen LogP contribution is -2.44. The molecule has 0 aliphatic carbocycles. The normalized spacial score (nSPS) is 23.0. The first-order chi connectivity index (χ1) is 10.2. The molecule has 1 aromatic carbocycles. The summed E-state index contributed by atoms with van der Waals surface area (Å²) in [7, 11) is 4.15. The van der Waals surface area contributed by atoms with E-state index in [1.54, 1.807) is 12.1 Å². The van der Waals surface area contributed by atoms with Gasteiger partial charge in [-0.15, -0.1) is 6.58 Å². The van der Waals surface area contributed by atoms with Crippen molar-refractivity contribution in [2.24, 2.45) is 5.41 Å². The van der Waals surface area contributed by atoms with Crippen molar-refractivity contribution in [2.45, 2.75) is 45.6 Å². The van der Waals surface area contributed by atoms with Crippen LogP contribution in [0.4, 0.5) is 4.39 Å². The molecule has 2 rings (SSSR count). The minimum absolute atomic E-state index is 0.0998. The highest BCUT2D eigenvalue weighted by atomic mass is 19.1. The number of hydrogen-bond acceptors (Lipinski definition) is 2. The highest BCUT2D eigenvalue weighted by Crippen LogP contribution is 2.43. The zero-order chi connectivity index (χ0) is 16.5. The summed E-state index contributed by atoms with van der Waals surface area (Å²) in [6.07, 6.45) is 1.89. The smallest absolute Gasteiger partial charge is 0.126 e. The Balaban J connectivity index is 2.40. The molecule has 0 amide bonds. The molecule has 0 bridgehead atoms. The minimum atomic E-state index is -0.0998. The molecule has 1 aliphatic heterocycles. The van der Waals surface area contributed by atoms with Crippen LogP contribution in [0.2, 0.25) is 0 Å². The molecule has 0 spiro atoms. The van der Waals surface area contributed by atoms with Crippen LogP contribution in [0.5, 0.6) is 0 Å². The van der Waals surface area contributed by atoms with Crippen LogP contribution in [0.25, 0.3) is 0 Å². The number of hydrogen-bond donors (Lipinski definition) is 0. The van der Waals surface area contributed by atoms with Crippen molar-refractivity contribution in [1.82, 2.24) is 10.0 Å². The molecule has 1 aromatic rings. The predicted molar refractivity (Wildman–Crippen MR) is 91.2 cm³/mol. The molecular formula is C19H29FN2. The third-order valence-electron chi connectivity index (χ3n) is 4.59. The second-order valence-electron chi connectivity index (χ2n) is 7.67. The van der Waals surface area contributed by atoms with Crippen molar-refractivity contribution in [3.63, 3.8) is 0 Å². The topological polar surface area (TPSA) is 6.48 Å². The number of rotatable bonds is 5. The maximum atomic E-state index is 14.4. The van der Waals surface area contributed by atoms with Gasteiger partial charge in [0, 0.05) is 32.6 Å². The number of benzene rings is 1. The Morgan fingerprint density at radius 2 is 2.05 bits per heavy atom. The van der Waals surface area contributed by atoms with E-state index < -0.39 is 0 Å². The first kappa shape index (κ1) is 17.2. The van der Waals surface area contributed by atoms with Gasteiger partial charge >= 0.3 is 0 Å². The largest absolute Gasteiger partial charge is 0.248 e. The van der Waals surface area contributed by atoms with Gasteiger partial charge in [-0.3, -0.25) is 0 Å². The molecule has 1 heterocycles. The zero-order valence-electron chi connectivity index (χ0n) is 14.6. The van der Waals surface area contributed by atoms with E-state index >= 15 is 0 Å². The minimum Gasteiger partial charge on any atom is -0.248 e. The quantitative estimate of drug-likeness (QED) is 0.741. The van der Waals surface area contributed by atoms with E-state index in [1.165, 1.54) is 0 Å². The van der Waals surface area contributed by atoms with Gasteiger partial charge < -0.3 is 0 Å². The maximum Gasteiger partial charge on any atom is 0.126 e. The molecule has 0 aromatic heterocycles. The van der Waals surface area contributed by atoms with E-state index in [9.17, 15) is 4.39 Å². The maximum absolute atomic E-state index is 14.4.